The highest BCUT2D eigenvalue weighted by molar-refractivity contribution is 7.92. The predicted octanol–water partition coefficient (Wildman–Crippen LogP) is 10.4. The number of nitrogens with zero attached hydrogens (tertiary/aromatic N) is 1. The van der Waals surface area contributed by atoms with Crippen molar-refractivity contribution >= 4 is 39.9 Å². The van der Waals surface area contributed by atoms with E-state index in [4.69, 9.17) is 13.9 Å². The van der Waals surface area contributed by atoms with Crippen molar-refractivity contribution in [2.75, 3.05) is 0 Å². The Hall–Kier alpha value is -5.21. The van der Waals surface area contributed by atoms with Crippen molar-refractivity contribution in [1.82, 2.24) is 4.98 Å². The minimum Gasteiger partial charge on any atom is -0.453 e. The highest BCUT2D eigenvalue weighted by atomic mass is 32.2. The van der Waals surface area contributed by atoms with Gasteiger partial charge >= 0.3 is 11.9 Å². The zero-order valence-corrected chi connectivity index (χ0v) is 38.8. The lowest BCUT2D eigenvalue weighted by Crippen LogP contribution is -2.46. The molecule has 0 aliphatic heterocycles. The normalized spacial score (nSPS) is 14.9. The fraction of sp³-hybridized carbons (Fsp3) is 0.327. The van der Waals surface area contributed by atoms with Gasteiger partial charge in [0.2, 0.25) is 0 Å². The molecule has 13 heteroatoms. The highest BCUT2D eigenvalue weighted by Crippen LogP contribution is 2.39. The van der Waals surface area contributed by atoms with E-state index in [-0.39, 0.29) is 51.6 Å². The van der Waals surface area contributed by atoms with Crippen molar-refractivity contribution in [2.24, 2.45) is 0 Å². The van der Waals surface area contributed by atoms with E-state index in [0.29, 0.717) is 5.56 Å². The van der Waals surface area contributed by atoms with Gasteiger partial charge in [-0.25, -0.2) is 26.4 Å². The van der Waals surface area contributed by atoms with E-state index in [1.165, 1.54) is 30.5 Å². The van der Waals surface area contributed by atoms with Crippen molar-refractivity contribution in [3.8, 4) is 0 Å². The Balaban J connectivity index is 1.50. The lowest BCUT2D eigenvalue weighted by molar-refractivity contribution is 0.0277. The van der Waals surface area contributed by atoms with E-state index in [1.54, 1.807) is 128 Å². The van der Waals surface area contributed by atoms with Crippen LogP contribution < -0.4 is 0 Å². The molecule has 0 N–H and O–H groups in total. The van der Waals surface area contributed by atoms with Crippen LogP contribution in [0.3, 0.4) is 0 Å². The van der Waals surface area contributed by atoms with Crippen molar-refractivity contribution < 1.29 is 40.3 Å². The Kier molecular flexibility index (Phi) is 16.4. The number of carbonyl (C=O) groups is 2. The van der Waals surface area contributed by atoms with Gasteiger partial charge in [-0.05, 0) is 111 Å². The molecule has 5 rings (SSSR count). The summed E-state index contributed by atoms with van der Waals surface area (Å²) in [6.07, 6.45) is 3.95. The summed E-state index contributed by atoms with van der Waals surface area (Å²) in [5.41, 5.74) is 0.931. The topological polar surface area (TPSA) is 143 Å². The lowest BCUT2D eigenvalue weighted by atomic mass is 10.0. The van der Waals surface area contributed by atoms with Gasteiger partial charge in [0.15, 0.2) is 28.0 Å². The second kappa shape index (κ2) is 21.2. The molecule has 0 spiro atoms. The van der Waals surface area contributed by atoms with Gasteiger partial charge in [-0.3, -0.25) is 4.98 Å². The van der Waals surface area contributed by atoms with E-state index >= 15 is 0 Å². The number of unbranched alkanes of at least 4 members (excludes halogenated alkanes) is 1. The molecular weight excluding hydrogens is 839 g/mol. The zero-order valence-electron chi connectivity index (χ0n) is 36.2. The van der Waals surface area contributed by atoms with E-state index < -0.39 is 68.7 Å². The number of esters is 2. The van der Waals surface area contributed by atoms with Gasteiger partial charge in [0.25, 0.3) is 0 Å². The number of hydrogen-bond donors (Lipinski definition) is 0. The Morgan fingerprint density at radius 2 is 1.16 bits per heavy atom. The van der Waals surface area contributed by atoms with Gasteiger partial charge in [-0.15, -0.1) is 0 Å². The summed E-state index contributed by atoms with van der Waals surface area (Å²) in [6, 6.07) is 36.2. The molecule has 1 aromatic heterocycles. The van der Waals surface area contributed by atoms with E-state index in [2.05, 4.69) is 38.8 Å². The third-order valence-corrected chi connectivity index (χ3v) is 20.2. The molecule has 0 amide bonds. The molecule has 0 aliphatic carbocycles. The summed E-state index contributed by atoms with van der Waals surface area (Å²) in [4.78, 5) is 31.6. The van der Waals surface area contributed by atoms with Crippen LogP contribution in [0, 0.1) is 0 Å². The number of ether oxygens (including phenoxy) is 2. The third-order valence-electron chi connectivity index (χ3n) is 11.2. The number of pyridine rings is 1. The number of hydrogen-bond acceptors (Lipinski definition) is 10. The van der Waals surface area contributed by atoms with Crippen LogP contribution in [0.1, 0.15) is 85.8 Å². The molecule has 0 aliphatic rings. The average molecular weight is 896 g/mol. The van der Waals surface area contributed by atoms with Gasteiger partial charge in [0.05, 0.1) is 20.9 Å². The molecule has 0 saturated heterocycles. The zero-order chi connectivity index (χ0) is 45.0. The quantitative estimate of drug-likeness (QED) is 0.0321. The first-order valence-corrected chi connectivity index (χ1v) is 26.8. The minimum absolute atomic E-state index is 0.0256. The minimum atomic E-state index is -4.12. The maximum Gasteiger partial charge on any atom is 0.338 e. The third kappa shape index (κ3) is 12.5. The van der Waals surface area contributed by atoms with Gasteiger partial charge in [-0.2, -0.15) is 0 Å². The maximum absolute atomic E-state index is 14.6. The number of sulfone groups is 2. The van der Waals surface area contributed by atoms with Crippen molar-refractivity contribution in [3.63, 3.8) is 0 Å². The fourth-order valence-electron chi connectivity index (χ4n) is 6.86. The van der Waals surface area contributed by atoms with Crippen molar-refractivity contribution in [3.05, 3.63) is 175 Å². The number of rotatable bonds is 20. The number of benzene rings is 4. The number of allylic oxidation sites excluding steroid dienone is 1. The summed E-state index contributed by atoms with van der Waals surface area (Å²) in [7, 11) is -10.6. The molecule has 0 fully saturated rings. The lowest BCUT2D eigenvalue weighted by Gasteiger charge is -2.39. The molecule has 0 bridgehead atoms. The number of carbonyl (C=O) groups excluding carboxylic acids is 2. The Bertz CT molecular complexity index is 2450. The average Bonchev–Trinajstić information content (AvgIpc) is 3.26. The summed E-state index contributed by atoms with van der Waals surface area (Å²) in [5.74, 6) is -1.38. The van der Waals surface area contributed by atoms with Crippen LogP contribution in [0.4, 0.5) is 0 Å². The van der Waals surface area contributed by atoms with Crippen molar-refractivity contribution in [2.45, 2.75) is 110 Å². The predicted molar refractivity (Wildman–Crippen MR) is 245 cm³/mol. The van der Waals surface area contributed by atoms with Gasteiger partial charge < -0.3 is 13.9 Å². The first-order chi connectivity index (χ1) is 29.4. The maximum atomic E-state index is 14.6. The van der Waals surface area contributed by atoms with Crippen LogP contribution in [-0.4, -0.2) is 64.8 Å². The monoisotopic (exact) mass is 895 g/mol. The van der Waals surface area contributed by atoms with Crippen LogP contribution >= 0.6 is 0 Å². The molecule has 5 atom stereocenters. The van der Waals surface area contributed by atoms with Crippen LogP contribution in [0.5, 0.6) is 0 Å². The largest absolute Gasteiger partial charge is 0.453 e. The van der Waals surface area contributed by atoms with Crippen LogP contribution in [0.2, 0.25) is 18.1 Å². The standard InChI is InChI=1S/C49H57NO9S2Si/c1-37(59-62(5,6)49(2,3)4)35-45(61(55,56)42-30-18-10-19-31-42)43(57-47(51)38-23-12-7-13-24-38)32-20-11-21-33-44(60(53,54)41-28-16-9-17-29-41)46(40-27-22-34-50-36-40)58-48(52)39-25-14-8-15-26-39/h7-10,12-20,22-32,34,36-37,43-46H,11,21,33,35H2,1-6H3/b32-20+/t37-,43?,44?,45?,46?/m0/s1. The Morgan fingerprint density at radius 3 is 1.65 bits per heavy atom. The highest BCUT2D eigenvalue weighted by Gasteiger charge is 2.42. The smallest absolute Gasteiger partial charge is 0.338 e. The fourth-order valence-corrected chi connectivity index (χ4v) is 12.1. The SMILES string of the molecule is C[C@@H](CC(C(/C=C/CCCC(C(OC(=O)c1ccccc1)c1cccnc1)S(=O)(=O)c1ccccc1)OC(=O)c1ccccc1)S(=O)(=O)c1ccccc1)O[Si](C)(C)C(C)(C)C. The first-order valence-electron chi connectivity index (χ1n) is 20.8. The number of aromatic nitrogens is 1. The molecule has 62 heavy (non-hydrogen) atoms. The van der Waals surface area contributed by atoms with Gasteiger partial charge in [-0.1, -0.05) is 106 Å². The molecule has 4 unspecified atom stereocenters. The Labute approximate surface area is 368 Å². The van der Waals surface area contributed by atoms with E-state index in [0.717, 1.165) is 0 Å². The molecule has 4 aromatic carbocycles. The van der Waals surface area contributed by atoms with Crippen LogP contribution in [0.25, 0.3) is 0 Å². The van der Waals surface area contributed by atoms with Crippen LogP contribution in [-0.2, 0) is 33.6 Å². The summed E-state index contributed by atoms with van der Waals surface area (Å²) < 4.78 is 77.2. The second-order valence-electron chi connectivity index (χ2n) is 16.8. The molecule has 0 radical (unpaired) electrons. The molecule has 10 nitrogen and oxygen atoms in total. The molecular formula is C49H57NO9S2Si. The molecule has 1 heterocycles. The molecule has 0 saturated carbocycles. The van der Waals surface area contributed by atoms with Crippen molar-refractivity contribution in [1.29, 1.82) is 0 Å². The molecule has 5 aromatic rings. The van der Waals surface area contributed by atoms with E-state index in [1.807, 2.05) is 6.92 Å². The van der Waals surface area contributed by atoms with E-state index in [9.17, 15) is 26.4 Å². The summed E-state index contributed by atoms with van der Waals surface area (Å²) in [6.45, 7) is 12.4. The molecule has 328 valence electrons. The second-order valence-corrected chi connectivity index (χ2v) is 25.9. The first kappa shape index (κ1) is 47.8. The van der Waals surface area contributed by atoms with Crippen LogP contribution in [0.15, 0.2) is 168 Å². The Morgan fingerprint density at radius 1 is 0.677 bits per heavy atom. The van der Waals surface area contributed by atoms with Gasteiger partial charge in [0.1, 0.15) is 22.7 Å². The summed E-state index contributed by atoms with van der Waals surface area (Å²) >= 11 is 0. The summed E-state index contributed by atoms with van der Waals surface area (Å²) in [5, 5.41) is -2.62. The van der Waals surface area contributed by atoms with Gasteiger partial charge in [0, 0.05) is 24.1 Å².